The quantitative estimate of drug-likeness (QED) is 0.131. The highest BCUT2D eigenvalue weighted by atomic mass is 32.1. The van der Waals surface area contributed by atoms with E-state index < -0.39 is 47.5 Å². The van der Waals surface area contributed by atoms with E-state index in [-0.39, 0.29) is 37.0 Å². The van der Waals surface area contributed by atoms with Gasteiger partial charge in [-0.05, 0) is 82.6 Å². The molecule has 8 rings (SSSR count). The van der Waals surface area contributed by atoms with Crippen molar-refractivity contribution in [3.05, 3.63) is 41.8 Å². The average molecular weight is 842 g/mol. The predicted molar refractivity (Wildman–Crippen MR) is 222 cm³/mol. The molecule has 0 bridgehead atoms. The molecular weight excluding hydrogens is 791 g/mol. The number of carbonyl (C=O) groups excluding carboxylic acids is 4. The Kier molecular flexibility index (Phi) is 12.1. The molecule has 60 heavy (non-hydrogen) atoms. The lowest BCUT2D eigenvalue weighted by Gasteiger charge is -2.30. The van der Waals surface area contributed by atoms with Crippen LogP contribution in [0.25, 0.3) is 22.3 Å². The number of rotatable bonds is 10. The molecule has 2 aliphatic carbocycles. The number of anilines is 2. The lowest BCUT2D eigenvalue weighted by atomic mass is 10.0. The maximum absolute atomic E-state index is 14.8. The number of hydrogen-bond donors (Lipinski definition) is 5. The van der Waals surface area contributed by atoms with E-state index in [1.807, 2.05) is 55.6 Å². The van der Waals surface area contributed by atoms with Crippen molar-refractivity contribution in [3.63, 3.8) is 0 Å². The molecule has 3 fully saturated rings. The fourth-order valence-corrected chi connectivity index (χ4v) is 9.19. The van der Waals surface area contributed by atoms with Gasteiger partial charge in [-0.2, -0.15) is 5.21 Å². The van der Waals surface area contributed by atoms with E-state index in [0.717, 1.165) is 50.1 Å². The summed E-state index contributed by atoms with van der Waals surface area (Å²) in [5.74, 6) is -0.650. The van der Waals surface area contributed by atoms with Crippen molar-refractivity contribution in [3.8, 4) is 22.9 Å². The van der Waals surface area contributed by atoms with Gasteiger partial charge in [0, 0.05) is 41.3 Å². The number of pyridine rings is 1. The van der Waals surface area contributed by atoms with E-state index in [9.17, 15) is 19.2 Å². The number of nitrogens with one attached hydrogen (secondary N) is 5. The number of carbonyl (C=O) groups is 4. The molecule has 19 heteroatoms. The predicted octanol–water partition coefficient (Wildman–Crippen LogP) is 5.12. The molecule has 4 amide bonds. The zero-order chi connectivity index (χ0) is 41.8. The SMILES string of the molecule is COc1ccc2c(O[C@@H]3C[C@H]4C(=O)N[C@]5(C(=O)Nc6nn[nH]n6)C[C@H]5C=CCCCCC[C@H](NC(=O)OC5CCCC5)C(=O)N4C3)cc(-c3csc(NC(C)C)n3)nc2c1. The minimum absolute atomic E-state index is 0.0229. The van der Waals surface area contributed by atoms with E-state index in [1.54, 1.807) is 7.11 Å². The molecule has 318 valence electrons. The van der Waals surface area contributed by atoms with Crippen molar-refractivity contribution in [2.45, 2.75) is 120 Å². The molecule has 5 atom stereocenters. The van der Waals surface area contributed by atoms with Crippen molar-refractivity contribution < 1.29 is 33.4 Å². The van der Waals surface area contributed by atoms with Gasteiger partial charge in [-0.3, -0.25) is 19.7 Å². The number of aromatic nitrogens is 6. The van der Waals surface area contributed by atoms with Crippen LogP contribution in [0.2, 0.25) is 0 Å². The fourth-order valence-electron chi connectivity index (χ4n) is 8.34. The average Bonchev–Trinajstić information content (AvgIpc) is 3.88. The molecule has 1 saturated heterocycles. The molecule has 0 radical (unpaired) electrons. The number of alkyl carbamates (subject to hydrolysis) is 1. The van der Waals surface area contributed by atoms with Crippen molar-refractivity contribution in [2.75, 3.05) is 24.3 Å². The summed E-state index contributed by atoms with van der Waals surface area (Å²) in [5.41, 5.74) is 0.536. The Morgan fingerprint density at radius 1 is 1.02 bits per heavy atom. The van der Waals surface area contributed by atoms with E-state index in [1.165, 1.54) is 16.2 Å². The Balaban J connectivity index is 1.11. The molecule has 18 nitrogen and oxygen atoms in total. The van der Waals surface area contributed by atoms with Crippen LogP contribution in [0, 0.1) is 5.92 Å². The molecule has 0 spiro atoms. The maximum Gasteiger partial charge on any atom is 0.408 e. The van der Waals surface area contributed by atoms with Crippen LogP contribution >= 0.6 is 11.3 Å². The molecule has 2 saturated carbocycles. The van der Waals surface area contributed by atoms with Gasteiger partial charge in [0.25, 0.3) is 11.9 Å². The number of H-pyrrole nitrogens is 1. The minimum atomic E-state index is -1.31. The fraction of sp³-hybridized carbons (Fsp3) is 0.537. The number of methoxy groups -OCH3 is 1. The Bertz CT molecular complexity index is 2230. The van der Waals surface area contributed by atoms with Gasteiger partial charge in [0.15, 0.2) is 5.13 Å². The van der Waals surface area contributed by atoms with Crippen molar-refractivity contribution >= 4 is 57.1 Å². The first-order valence-corrected chi connectivity index (χ1v) is 21.7. The van der Waals surface area contributed by atoms with Gasteiger partial charge in [0.1, 0.15) is 47.0 Å². The molecule has 1 aromatic carbocycles. The third-order valence-corrected chi connectivity index (χ3v) is 12.3. The molecule has 3 aromatic heterocycles. The summed E-state index contributed by atoms with van der Waals surface area (Å²) in [7, 11) is 1.59. The number of allylic oxidation sites excluding steroid dienone is 1. The van der Waals surface area contributed by atoms with Crippen LogP contribution in [0.1, 0.15) is 84.5 Å². The molecule has 4 aliphatic rings. The zero-order valence-corrected chi connectivity index (χ0v) is 34.8. The van der Waals surface area contributed by atoms with E-state index in [2.05, 4.69) is 41.9 Å². The van der Waals surface area contributed by atoms with E-state index in [0.29, 0.717) is 53.1 Å². The van der Waals surface area contributed by atoms with E-state index in [4.69, 9.17) is 24.2 Å². The number of amides is 4. The van der Waals surface area contributed by atoms with Crippen LogP contribution in [-0.2, 0) is 19.1 Å². The Morgan fingerprint density at radius 3 is 2.63 bits per heavy atom. The summed E-state index contributed by atoms with van der Waals surface area (Å²) in [4.78, 5) is 67.7. The number of hydrogen-bond acceptors (Lipinski definition) is 14. The lowest BCUT2D eigenvalue weighted by molar-refractivity contribution is -0.141. The summed E-state index contributed by atoms with van der Waals surface area (Å²) in [6, 6.07) is 5.53. The smallest absolute Gasteiger partial charge is 0.408 e. The number of tetrazole rings is 1. The molecule has 5 heterocycles. The first-order valence-electron chi connectivity index (χ1n) is 20.8. The van der Waals surface area contributed by atoms with Crippen LogP contribution in [0.15, 0.2) is 41.8 Å². The monoisotopic (exact) mass is 841 g/mol. The second-order valence-electron chi connectivity index (χ2n) is 16.2. The molecule has 5 N–H and O–H groups in total. The van der Waals surface area contributed by atoms with Crippen LogP contribution in [-0.4, -0.2) is 109 Å². The lowest BCUT2D eigenvalue weighted by Crippen LogP contribution is -2.57. The van der Waals surface area contributed by atoms with Gasteiger partial charge in [-0.15, -0.1) is 16.4 Å². The number of ether oxygens (including phenoxy) is 3. The van der Waals surface area contributed by atoms with Gasteiger partial charge in [-0.25, -0.2) is 14.8 Å². The van der Waals surface area contributed by atoms with Crippen molar-refractivity contribution in [2.24, 2.45) is 5.92 Å². The maximum atomic E-state index is 14.8. The van der Waals surface area contributed by atoms with Gasteiger partial charge >= 0.3 is 6.09 Å². The zero-order valence-electron chi connectivity index (χ0n) is 33.9. The van der Waals surface area contributed by atoms with Crippen molar-refractivity contribution in [1.29, 1.82) is 0 Å². The van der Waals surface area contributed by atoms with Crippen LogP contribution in [0.3, 0.4) is 0 Å². The van der Waals surface area contributed by atoms with Gasteiger partial charge in [0.2, 0.25) is 11.8 Å². The Hall–Kier alpha value is -5.85. The third kappa shape index (κ3) is 9.14. The number of nitrogens with zero attached hydrogens (tertiary/aromatic N) is 6. The number of benzene rings is 1. The van der Waals surface area contributed by atoms with Gasteiger partial charge in [0.05, 0.1) is 24.9 Å². The number of aromatic amines is 1. The van der Waals surface area contributed by atoms with Gasteiger partial charge < -0.3 is 35.1 Å². The number of fused-ring (bicyclic) bond motifs is 3. The van der Waals surface area contributed by atoms with E-state index >= 15 is 0 Å². The first kappa shape index (κ1) is 40.9. The standard InChI is InChI=1S/C41H51N11O7S/c1-23(2)42-39-44-32(22-60-39)31-19-34(28-16-15-26(57-3)17-30(28)43-31)58-27-18-33-35(53)47-41(37(55)46-38-48-50-51-49-38)20-24(41)11-7-5-4-6-8-14-29(36(54)52(33)21-27)45-40(56)59-25-12-9-10-13-25/h7,11,15-17,19,22-25,27,29,33H,4-6,8-10,12-14,18,20-21H2,1-3H3,(H,42,44)(H,45,56)(H,47,53)(H2,46,48,49,50,51,55)/t24-,27-,29+,33+,41-/m1/s1. The summed E-state index contributed by atoms with van der Waals surface area (Å²) in [6.07, 6.45) is 9.92. The second-order valence-corrected chi connectivity index (χ2v) is 17.1. The topological polar surface area (TPSA) is 228 Å². The number of thiazole rings is 1. The van der Waals surface area contributed by atoms with Crippen LogP contribution in [0.4, 0.5) is 15.9 Å². The molecule has 2 aliphatic heterocycles. The van der Waals surface area contributed by atoms with Gasteiger partial charge in [-0.1, -0.05) is 30.1 Å². The Morgan fingerprint density at radius 2 is 1.85 bits per heavy atom. The highest BCUT2D eigenvalue weighted by Crippen LogP contribution is 2.46. The first-order chi connectivity index (χ1) is 29.1. The van der Waals surface area contributed by atoms with Crippen molar-refractivity contribution in [1.82, 2.24) is 46.1 Å². The van der Waals surface area contributed by atoms with Crippen LogP contribution in [0.5, 0.6) is 11.5 Å². The summed E-state index contributed by atoms with van der Waals surface area (Å²) in [6.45, 7) is 4.12. The highest BCUT2D eigenvalue weighted by molar-refractivity contribution is 7.14. The van der Waals surface area contributed by atoms with Crippen LogP contribution < -0.4 is 30.7 Å². The Labute approximate surface area is 351 Å². The third-order valence-electron chi connectivity index (χ3n) is 11.5. The summed E-state index contributed by atoms with van der Waals surface area (Å²) in [5, 5.41) is 28.9. The second kappa shape index (κ2) is 17.8. The molecule has 0 unspecified atom stereocenters. The summed E-state index contributed by atoms with van der Waals surface area (Å²) < 4.78 is 18.1. The summed E-state index contributed by atoms with van der Waals surface area (Å²) >= 11 is 1.47. The molecule has 4 aromatic rings. The largest absolute Gasteiger partial charge is 0.497 e. The normalized spacial score (nSPS) is 24.8. The highest BCUT2D eigenvalue weighted by Gasteiger charge is 2.61. The minimum Gasteiger partial charge on any atom is -0.497 e. The molecular formula is C41H51N11O7S.